The van der Waals surface area contributed by atoms with E-state index in [9.17, 15) is 0 Å². The third kappa shape index (κ3) is 4.68. The van der Waals surface area contributed by atoms with Crippen LogP contribution in [-0.2, 0) is 4.74 Å². The molecule has 1 aliphatic rings. The van der Waals surface area contributed by atoms with Crippen LogP contribution in [0.25, 0.3) is 22.7 Å². The molecule has 0 aliphatic carbocycles. The fourth-order valence-corrected chi connectivity index (χ4v) is 5.05. The average molecular weight is 458 g/mol. The Kier molecular flexibility index (Phi) is 6.57. The molecule has 3 aromatic heterocycles. The molecule has 8 nitrogen and oxygen atoms in total. The van der Waals surface area contributed by atoms with Gasteiger partial charge in [0.15, 0.2) is 22.7 Å². The molecule has 4 heterocycles. The van der Waals surface area contributed by atoms with Crippen LogP contribution in [0.2, 0.25) is 25.7 Å². The van der Waals surface area contributed by atoms with Crippen LogP contribution in [0.5, 0.6) is 5.88 Å². The number of anilines is 1. The van der Waals surface area contributed by atoms with E-state index < -0.39 is 8.07 Å². The van der Waals surface area contributed by atoms with E-state index in [0.717, 1.165) is 31.7 Å². The topological polar surface area (TPSA) is 101 Å². The van der Waals surface area contributed by atoms with Gasteiger partial charge < -0.3 is 19.6 Å². The Bertz CT molecular complexity index is 1040. The molecule has 174 valence electrons. The molecule has 1 fully saturated rings. The van der Waals surface area contributed by atoms with Crippen LogP contribution in [0.4, 0.5) is 5.95 Å². The van der Waals surface area contributed by atoms with E-state index in [2.05, 4.69) is 43.5 Å². The zero-order chi connectivity index (χ0) is 22.9. The van der Waals surface area contributed by atoms with Crippen LogP contribution in [0.15, 0.2) is 22.8 Å². The summed E-state index contributed by atoms with van der Waals surface area (Å²) in [6.07, 6.45) is 5.79. The smallest absolute Gasteiger partial charge is 0.247 e. The molecule has 0 spiro atoms. The number of aromatic nitrogens is 4. The van der Waals surface area contributed by atoms with Crippen LogP contribution < -0.4 is 10.5 Å². The number of imidazole rings is 1. The molecule has 1 saturated heterocycles. The zero-order valence-electron chi connectivity index (χ0n) is 19.8. The Hall–Kier alpha value is -2.39. The van der Waals surface area contributed by atoms with Crippen LogP contribution in [0, 0.1) is 5.92 Å². The molecule has 0 aromatic carbocycles. The third-order valence-corrected chi connectivity index (χ3v) is 7.81. The minimum absolute atomic E-state index is 0.169. The molecular weight excluding hydrogens is 422 g/mol. The highest BCUT2D eigenvalue weighted by atomic mass is 28.3. The lowest BCUT2D eigenvalue weighted by Crippen LogP contribution is -2.22. The summed E-state index contributed by atoms with van der Waals surface area (Å²) in [5, 5.41) is 0. The largest absolute Gasteiger partial charge is 0.476 e. The number of nitrogens with zero attached hydrogens (tertiary/aromatic N) is 4. The van der Waals surface area contributed by atoms with Gasteiger partial charge in [-0.15, -0.1) is 0 Å². The van der Waals surface area contributed by atoms with Crippen LogP contribution in [-0.4, -0.2) is 40.3 Å². The SMILES string of the molecule is CCCC1OC(n2c(-c3ccco3)nc3c(OCC[Si](C)(C)C)nc(N)nc32)CC1CC. The number of fused-ring (bicyclic) bond motifs is 1. The maximum absolute atomic E-state index is 6.55. The molecule has 0 saturated carbocycles. The summed E-state index contributed by atoms with van der Waals surface area (Å²) in [6, 6.07) is 4.78. The minimum Gasteiger partial charge on any atom is -0.476 e. The van der Waals surface area contributed by atoms with E-state index in [1.165, 1.54) is 0 Å². The van der Waals surface area contributed by atoms with E-state index in [1.807, 2.05) is 16.7 Å². The van der Waals surface area contributed by atoms with Gasteiger partial charge in [-0.1, -0.05) is 46.3 Å². The van der Waals surface area contributed by atoms with Crippen molar-refractivity contribution in [2.45, 2.75) is 77.5 Å². The molecule has 9 heteroatoms. The fourth-order valence-electron chi connectivity index (χ4n) is 4.34. The first-order chi connectivity index (χ1) is 15.3. The Balaban J connectivity index is 1.78. The first-order valence-electron chi connectivity index (χ1n) is 11.7. The molecule has 2 N–H and O–H groups in total. The Morgan fingerprint density at radius 3 is 2.69 bits per heavy atom. The monoisotopic (exact) mass is 457 g/mol. The summed E-state index contributed by atoms with van der Waals surface area (Å²) in [7, 11) is -1.25. The molecule has 1 aliphatic heterocycles. The third-order valence-electron chi connectivity index (χ3n) is 6.11. The predicted octanol–water partition coefficient (Wildman–Crippen LogP) is 5.50. The predicted molar refractivity (Wildman–Crippen MR) is 128 cm³/mol. The second-order valence-corrected chi connectivity index (χ2v) is 15.4. The van der Waals surface area contributed by atoms with Crippen molar-refractivity contribution in [3.8, 4) is 17.5 Å². The number of furan rings is 1. The van der Waals surface area contributed by atoms with Crippen molar-refractivity contribution >= 4 is 25.2 Å². The first kappa shape index (κ1) is 22.8. The highest BCUT2D eigenvalue weighted by molar-refractivity contribution is 6.76. The fraction of sp³-hybridized carbons (Fsp3) is 0.609. The van der Waals surface area contributed by atoms with Crippen molar-refractivity contribution in [2.24, 2.45) is 5.92 Å². The second-order valence-electron chi connectivity index (χ2n) is 9.82. The van der Waals surface area contributed by atoms with Gasteiger partial charge in [-0.25, -0.2) is 4.98 Å². The van der Waals surface area contributed by atoms with Crippen molar-refractivity contribution in [1.29, 1.82) is 0 Å². The molecule has 0 amide bonds. The molecule has 32 heavy (non-hydrogen) atoms. The van der Waals surface area contributed by atoms with Gasteiger partial charge in [0.25, 0.3) is 0 Å². The highest BCUT2D eigenvalue weighted by Gasteiger charge is 2.37. The van der Waals surface area contributed by atoms with Crippen LogP contribution >= 0.6 is 0 Å². The van der Waals surface area contributed by atoms with Crippen molar-refractivity contribution in [1.82, 2.24) is 19.5 Å². The van der Waals surface area contributed by atoms with Gasteiger partial charge in [0.2, 0.25) is 11.8 Å². The lowest BCUT2D eigenvalue weighted by molar-refractivity contribution is -0.00636. The van der Waals surface area contributed by atoms with Gasteiger partial charge in [0.05, 0.1) is 19.0 Å². The maximum atomic E-state index is 6.55. The summed E-state index contributed by atoms with van der Waals surface area (Å²) < 4.78 is 20.4. The quantitative estimate of drug-likeness (QED) is 0.423. The van der Waals surface area contributed by atoms with E-state index >= 15 is 0 Å². The average Bonchev–Trinajstić information content (AvgIpc) is 3.44. The van der Waals surface area contributed by atoms with Gasteiger partial charge >= 0.3 is 0 Å². The van der Waals surface area contributed by atoms with Crippen molar-refractivity contribution in [3.05, 3.63) is 18.4 Å². The van der Waals surface area contributed by atoms with Crippen LogP contribution in [0.3, 0.4) is 0 Å². The standard InChI is InChI=1S/C23H35N5O3Si/c1-6-9-16-15(7-2)14-18(31-16)28-20(17-10-8-11-29-17)25-19-21(28)26-23(24)27-22(19)30-12-13-32(3,4)5/h8,10-11,15-16,18H,6-7,9,12-14H2,1-5H3,(H2,24,26,27). The highest BCUT2D eigenvalue weighted by Crippen LogP contribution is 2.42. The van der Waals surface area contributed by atoms with E-state index in [1.54, 1.807) is 6.26 Å². The number of nitrogens with two attached hydrogens (primary N) is 1. The van der Waals surface area contributed by atoms with Gasteiger partial charge in [-0.05, 0) is 36.9 Å². The Morgan fingerprint density at radius 2 is 2.03 bits per heavy atom. The Labute approximate surface area is 190 Å². The lowest BCUT2D eigenvalue weighted by Gasteiger charge is -2.18. The molecule has 0 bridgehead atoms. The molecule has 0 radical (unpaired) electrons. The molecular formula is C23H35N5O3Si. The summed E-state index contributed by atoms with van der Waals surface area (Å²) in [6.45, 7) is 12.0. The number of hydrogen-bond donors (Lipinski definition) is 1. The second kappa shape index (κ2) is 9.23. The summed E-state index contributed by atoms with van der Waals surface area (Å²) >= 11 is 0. The number of nitrogen functional groups attached to an aromatic ring is 1. The van der Waals surface area contributed by atoms with Gasteiger partial charge in [0.1, 0.15) is 6.23 Å². The zero-order valence-corrected chi connectivity index (χ0v) is 20.8. The summed E-state index contributed by atoms with van der Waals surface area (Å²) in [5.74, 6) is 2.41. The van der Waals surface area contributed by atoms with E-state index in [-0.39, 0.29) is 18.3 Å². The van der Waals surface area contributed by atoms with Gasteiger partial charge in [-0.3, -0.25) is 4.57 Å². The number of ether oxygens (including phenoxy) is 2. The molecule has 3 aromatic rings. The van der Waals surface area contributed by atoms with Crippen LogP contribution in [0.1, 0.15) is 45.8 Å². The molecule has 4 rings (SSSR count). The van der Waals surface area contributed by atoms with Crippen molar-refractivity contribution in [2.75, 3.05) is 12.3 Å². The normalized spacial score (nSPS) is 21.5. The van der Waals surface area contributed by atoms with Gasteiger partial charge in [0, 0.05) is 8.07 Å². The first-order valence-corrected chi connectivity index (χ1v) is 15.4. The van der Waals surface area contributed by atoms with E-state index in [4.69, 9.17) is 24.6 Å². The van der Waals surface area contributed by atoms with Gasteiger partial charge in [-0.2, -0.15) is 9.97 Å². The maximum Gasteiger partial charge on any atom is 0.247 e. The minimum atomic E-state index is -1.25. The molecule has 3 unspecified atom stereocenters. The van der Waals surface area contributed by atoms with Crippen molar-refractivity contribution < 1.29 is 13.9 Å². The number of hydrogen-bond acceptors (Lipinski definition) is 7. The Morgan fingerprint density at radius 1 is 1.22 bits per heavy atom. The summed E-state index contributed by atoms with van der Waals surface area (Å²) in [4.78, 5) is 13.8. The van der Waals surface area contributed by atoms with E-state index in [0.29, 0.717) is 41.2 Å². The number of rotatable bonds is 9. The lowest BCUT2D eigenvalue weighted by atomic mass is 9.95. The summed E-state index contributed by atoms with van der Waals surface area (Å²) in [5.41, 5.74) is 7.33. The molecule has 3 atom stereocenters. The van der Waals surface area contributed by atoms with Crippen molar-refractivity contribution in [3.63, 3.8) is 0 Å².